The largest absolute Gasteiger partial charge is 0.373 e. The SMILES string of the molecule is CC[C@@](C)(Nc1ccccc1C)c1nnnn1-c1cccc(C)c1. The van der Waals surface area contributed by atoms with Gasteiger partial charge in [0.2, 0.25) is 0 Å². The highest BCUT2D eigenvalue weighted by molar-refractivity contribution is 5.53. The molecule has 3 aromatic rings. The highest BCUT2D eigenvalue weighted by Crippen LogP contribution is 2.30. The van der Waals surface area contributed by atoms with E-state index in [1.807, 2.05) is 28.9 Å². The first-order valence-electron chi connectivity index (χ1n) is 8.23. The number of para-hydroxylation sites is 1. The third kappa shape index (κ3) is 3.02. The third-order valence-electron chi connectivity index (χ3n) is 4.47. The lowest BCUT2D eigenvalue weighted by Gasteiger charge is -2.30. The van der Waals surface area contributed by atoms with Gasteiger partial charge in [-0.25, -0.2) is 0 Å². The molecule has 0 saturated carbocycles. The monoisotopic (exact) mass is 321 g/mol. The Morgan fingerprint density at radius 2 is 1.88 bits per heavy atom. The van der Waals surface area contributed by atoms with Crippen LogP contribution >= 0.6 is 0 Å². The Morgan fingerprint density at radius 3 is 2.58 bits per heavy atom. The van der Waals surface area contributed by atoms with E-state index in [9.17, 15) is 0 Å². The minimum absolute atomic E-state index is 0.376. The molecule has 24 heavy (non-hydrogen) atoms. The lowest BCUT2D eigenvalue weighted by Crippen LogP contribution is -2.34. The number of hydrogen-bond donors (Lipinski definition) is 1. The minimum atomic E-state index is -0.376. The van der Waals surface area contributed by atoms with Gasteiger partial charge in [-0.05, 0) is 66.9 Å². The van der Waals surface area contributed by atoms with Gasteiger partial charge < -0.3 is 5.32 Å². The van der Waals surface area contributed by atoms with Gasteiger partial charge in [0.25, 0.3) is 0 Å². The summed E-state index contributed by atoms with van der Waals surface area (Å²) < 4.78 is 1.82. The Labute approximate surface area is 142 Å². The van der Waals surface area contributed by atoms with Crippen LogP contribution in [0.1, 0.15) is 37.2 Å². The molecule has 0 bridgehead atoms. The van der Waals surface area contributed by atoms with Crippen molar-refractivity contribution < 1.29 is 0 Å². The van der Waals surface area contributed by atoms with Crippen molar-refractivity contribution in [3.8, 4) is 5.69 Å². The number of aromatic nitrogens is 4. The van der Waals surface area contributed by atoms with Crippen LogP contribution in [0.25, 0.3) is 5.69 Å². The highest BCUT2D eigenvalue weighted by atomic mass is 15.6. The van der Waals surface area contributed by atoms with Crippen molar-refractivity contribution >= 4 is 5.69 Å². The predicted octanol–water partition coefficient (Wildman–Crippen LogP) is 4.02. The molecule has 5 nitrogen and oxygen atoms in total. The number of aryl methyl sites for hydroxylation is 2. The third-order valence-corrected chi connectivity index (χ3v) is 4.47. The topological polar surface area (TPSA) is 55.6 Å². The van der Waals surface area contributed by atoms with Crippen LogP contribution in [0.2, 0.25) is 0 Å². The fourth-order valence-corrected chi connectivity index (χ4v) is 2.78. The maximum absolute atomic E-state index is 4.33. The second-order valence-electron chi connectivity index (χ2n) is 6.38. The number of tetrazole rings is 1. The normalized spacial score (nSPS) is 13.5. The Balaban J connectivity index is 2.03. The predicted molar refractivity (Wildman–Crippen MR) is 96.3 cm³/mol. The van der Waals surface area contributed by atoms with Crippen molar-refractivity contribution in [3.05, 3.63) is 65.5 Å². The Hall–Kier alpha value is -2.69. The molecule has 0 fully saturated rings. The summed E-state index contributed by atoms with van der Waals surface area (Å²) in [6.45, 7) is 8.44. The summed E-state index contributed by atoms with van der Waals surface area (Å²) >= 11 is 0. The second-order valence-corrected chi connectivity index (χ2v) is 6.38. The molecule has 0 aliphatic carbocycles. The van der Waals surface area contributed by atoms with E-state index in [2.05, 4.69) is 72.8 Å². The van der Waals surface area contributed by atoms with Crippen LogP contribution in [0.5, 0.6) is 0 Å². The first-order chi connectivity index (χ1) is 11.5. The lowest BCUT2D eigenvalue weighted by atomic mass is 9.96. The van der Waals surface area contributed by atoms with Gasteiger partial charge in [0.15, 0.2) is 5.82 Å². The molecule has 1 aromatic heterocycles. The van der Waals surface area contributed by atoms with Crippen LogP contribution in [-0.4, -0.2) is 20.2 Å². The fourth-order valence-electron chi connectivity index (χ4n) is 2.78. The zero-order valence-electron chi connectivity index (χ0n) is 14.6. The van der Waals surface area contributed by atoms with Gasteiger partial charge in [-0.15, -0.1) is 5.10 Å². The number of anilines is 1. The molecule has 1 N–H and O–H groups in total. The van der Waals surface area contributed by atoms with Gasteiger partial charge >= 0.3 is 0 Å². The van der Waals surface area contributed by atoms with Crippen molar-refractivity contribution in [2.45, 2.75) is 39.7 Å². The summed E-state index contributed by atoms with van der Waals surface area (Å²) in [6.07, 6.45) is 0.855. The maximum atomic E-state index is 4.33. The quantitative estimate of drug-likeness (QED) is 0.771. The number of nitrogens with zero attached hydrogens (tertiary/aromatic N) is 4. The van der Waals surface area contributed by atoms with E-state index in [1.54, 1.807) is 0 Å². The summed E-state index contributed by atoms with van der Waals surface area (Å²) in [5, 5.41) is 16.1. The smallest absolute Gasteiger partial charge is 0.181 e. The average Bonchev–Trinajstić information content (AvgIpc) is 3.07. The molecule has 1 atom stereocenters. The fraction of sp³-hybridized carbons (Fsp3) is 0.316. The molecular formula is C19H23N5. The first-order valence-corrected chi connectivity index (χ1v) is 8.23. The van der Waals surface area contributed by atoms with E-state index in [-0.39, 0.29) is 5.54 Å². The maximum Gasteiger partial charge on any atom is 0.181 e. The molecular weight excluding hydrogens is 298 g/mol. The van der Waals surface area contributed by atoms with Crippen LogP contribution < -0.4 is 5.32 Å². The summed E-state index contributed by atoms with van der Waals surface area (Å²) in [6, 6.07) is 16.5. The standard InChI is InChI=1S/C19H23N5/c1-5-19(4,20-17-12-7-6-10-15(17)3)18-21-22-23-24(18)16-11-8-9-14(2)13-16/h6-13,20H,5H2,1-4H3/t19-/m1/s1. The van der Waals surface area contributed by atoms with Gasteiger partial charge in [-0.2, -0.15) is 4.68 Å². The molecule has 0 aliphatic rings. The summed E-state index contributed by atoms with van der Waals surface area (Å²) in [7, 11) is 0. The molecule has 0 spiro atoms. The molecule has 0 unspecified atom stereocenters. The number of hydrogen-bond acceptors (Lipinski definition) is 4. The van der Waals surface area contributed by atoms with Crippen molar-refractivity contribution in [2.24, 2.45) is 0 Å². The van der Waals surface area contributed by atoms with Gasteiger partial charge in [-0.1, -0.05) is 37.3 Å². The van der Waals surface area contributed by atoms with Crippen molar-refractivity contribution in [1.82, 2.24) is 20.2 Å². The summed E-state index contributed by atoms with van der Waals surface area (Å²) in [5.74, 6) is 0.804. The van der Waals surface area contributed by atoms with Crippen LogP contribution in [0.15, 0.2) is 48.5 Å². The zero-order valence-corrected chi connectivity index (χ0v) is 14.6. The summed E-state index contributed by atoms with van der Waals surface area (Å²) in [4.78, 5) is 0. The average molecular weight is 321 g/mol. The van der Waals surface area contributed by atoms with Crippen LogP contribution in [0.4, 0.5) is 5.69 Å². The van der Waals surface area contributed by atoms with Crippen LogP contribution in [0.3, 0.4) is 0 Å². The van der Waals surface area contributed by atoms with Crippen molar-refractivity contribution in [3.63, 3.8) is 0 Å². The van der Waals surface area contributed by atoms with Gasteiger partial charge in [0.1, 0.15) is 0 Å². The molecule has 5 heteroatoms. The number of rotatable bonds is 5. The molecule has 0 amide bonds. The van der Waals surface area contributed by atoms with E-state index in [0.29, 0.717) is 0 Å². The van der Waals surface area contributed by atoms with Crippen molar-refractivity contribution in [1.29, 1.82) is 0 Å². The summed E-state index contributed by atoms with van der Waals surface area (Å²) in [5.41, 5.74) is 4.08. The van der Waals surface area contributed by atoms with E-state index < -0.39 is 0 Å². The highest BCUT2D eigenvalue weighted by Gasteiger charge is 2.31. The van der Waals surface area contributed by atoms with E-state index >= 15 is 0 Å². The minimum Gasteiger partial charge on any atom is -0.373 e. The molecule has 0 radical (unpaired) electrons. The Kier molecular flexibility index (Phi) is 4.34. The number of benzene rings is 2. The molecule has 1 heterocycles. The zero-order chi connectivity index (χ0) is 17.2. The first kappa shape index (κ1) is 16.2. The van der Waals surface area contributed by atoms with E-state index in [1.165, 1.54) is 11.1 Å². The molecule has 0 aliphatic heterocycles. The Bertz CT molecular complexity index is 839. The van der Waals surface area contributed by atoms with Crippen LogP contribution in [0, 0.1) is 13.8 Å². The van der Waals surface area contributed by atoms with Gasteiger partial charge in [0, 0.05) is 5.69 Å². The second kappa shape index (κ2) is 6.43. The van der Waals surface area contributed by atoms with E-state index in [4.69, 9.17) is 0 Å². The molecule has 0 saturated heterocycles. The van der Waals surface area contributed by atoms with Crippen molar-refractivity contribution in [2.75, 3.05) is 5.32 Å². The van der Waals surface area contributed by atoms with Crippen LogP contribution in [-0.2, 0) is 5.54 Å². The number of nitrogens with one attached hydrogen (secondary N) is 1. The molecule has 124 valence electrons. The lowest BCUT2D eigenvalue weighted by molar-refractivity contribution is 0.474. The van der Waals surface area contributed by atoms with Gasteiger partial charge in [0.05, 0.1) is 11.2 Å². The molecule has 2 aromatic carbocycles. The van der Waals surface area contributed by atoms with Gasteiger partial charge in [-0.3, -0.25) is 0 Å². The molecule has 3 rings (SSSR count). The Morgan fingerprint density at radius 1 is 1.08 bits per heavy atom. The van der Waals surface area contributed by atoms with E-state index in [0.717, 1.165) is 23.6 Å².